The Labute approximate surface area is 227 Å². The van der Waals surface area contributed by atoms with E-state index in [2.05, 4.69) is 34.0 Å². The predicted octanol–water partition coefficient (Wildman–Crippen LogP) is 6.46. The van der Waals surface area contributed by atoms with Crippen LogP contribution < -0.4 is 5.32 Å². The van der Waals surface area contributed by atoms with Gasteiger partial charge in [-0.05, 0) is 87.7 Å². The van der Waals surface area contributed by atoms with Crippen molar-refractivity contribution in [1.29, 1.82) is 0 Å². The van der Waals surface area contributed by atoms with Gasteiger partial charge in [0.25, 0.3) is 0 Å². The largest absolute Gasteiger partial charge is 0.416 e. The van der Waals surface area contributed by atoms with Gasteiger partial charge < -0.3 is 10.2 Å². The summed E-state index contributed by atoms with van der Waals surface area (Å²) in [5.74, 6) is 0.507. The highest BCUT2D eigenvalue weighted by molar-refractivity contribution is 5.92. The number of amides is 1. The SMILES string of the molecule is Cc1cc(Nc2ccc(CN(C(=O)/C=C/c3ccc(C(F)(F)F)cc3)[C@H]3CCCN(C(C)C)C3)cn2)ccn1. The molecule has 0 aliphatic carbocycles. The van der Waals surface area contributed by atoms with Crippen LogP contribution in [0.1, 0.15) is 49.1 Å². The van der Waals surface area contributed by atoms with Gasteiger partial charge in [-0.1, -0.05) is 18.2 Å². The fraction of sp³-hybridized carbons (Fsp3) is 0.367. The standard InChI is InChI=1S/C30H34F3N5O/c1-21(2)37-16-4-5-27(20-37)38(29(39)13-9-23-6-10-25(11-7-23)30(31,32)33)19-24-8-12-28(35-18-24)36-26-14-15-34-22(3)17-26/h6-15,17-18,21,27H,4-5,16,19-20H2,1-3H3,(H,34,35,36)/b13-9+/t27-/m0/s1. The molecule has 4 rings (SSSR count). The van der Waals surface area contributed by atoms with Crippen molar-refractivity contribution in [3.63, 3.8) is 0 Å². The number of pyridine rings is 2. The molecule has 3 aromatic rings. The van der Waals surface area contributed by atoms with Crippen molar-refractivity contribution < 1.29 is 18.0 Å². The van der Waals surface area contributed by atoms with E-state index >= 15 is 0 Å². The Hall–Kier alpha value is -3.72. The number of benzene rings is 1. The number of nitrogens with zero attached hydrogens (tertiary/aromatic N) is 4. The van der Waals surface area contributed by atoms with E-state index < -0.39 is 11.7 Å². The average Bonchev–Trinajstić information content (AvgIpc) is 2.91. The molecule has 0 unspecified atom stereocenters. The summed E-state index contributed by atoms with van der Waals surface area (Å²) in [6.07, 6.45) is 4.00. The summed E-state index contributed by atoms with van der Waals surface area (Å²) in [5, 5.41) is 3.26. The molecule has 3 heterocycles. The summed E-state index contributed by atoms with van der Waals surface area (Å²) in [7, 11) is 0. The van der Waals surface area contributed by atoms with E-state index in [9.17, 15) is 18.0 Å². The van der Waals surface area contributed by atoms with Crippen LogP contribution in [0.4, 0.5) is 24.7 Å². The maximum atomic E-state index is 13.5. The van der Waals surface area contributed by atoms with Gasteiger partial charge in [0.2, 0.25) is 5.91 Å². The lowest BCUT2D eigenvalue weighted by Crippen LogP contribution is -2.51. The Morgan fingerprint density at radius 1 is 1.15 bits per heavy atom. The lowest BCUT2D eigenvalue weighted by Gasteiger charge is -2.40. The van der Waals surface area contributed by atoms with Crippen LogP contribution in [0, 0.1) is 6.92 Å². The van der Waals surface area contributed by atoms with E-state index in [1.54, 1.807) is 18.5 Å². The molecule has 2 aromatic heterocycles. The first kappa shape index (κ1) is 28.3. The molecule has 206 valence electrons. The number of anilines is 2. The number of hydrogen-bond acceptors (Lipinski definition) is 5. The summed E-state index contributed by atoms with van der Waals surface area (Å²) >= 11 is 0. The molecule has 1 aromatic carbocycles. The number of hydrogen-bond donors (Lipinski definition) is 1. The first-order valence-corrected chi connectivity index (χ1v) is 13.1. The van der Waals surface area contributed by atoms with E-state index in [1.165, 1.54) is 18.2 Å². The third-order valence-corrected chi connectivity index (χ3v) is 6.89. The summed E-state index contributed by atoms with van der Waals surface area (Å²) in [6.45, 7) is 8.37. The smallest absolute Gasteiger partial charge is 0.340 e. The molecule has 0 radical (unpaired) electrons. The Kier molecular flexibility index (Phi) is 9.01. The van der Waals surface area contributed by atoms with Crippen LogP contribution >= 0.6 is 0 Å². The lowest BCUT2D eigenvalue weighted by atomic mass is 10.0. The number of piperidine rings is 1. The Bertz CT molecular complexity index is 1270. The van der Waals surface area contributed by atoms with Crippen molar-refractivity contribution in [2.45, 2.75) is 58.4 Å². The maximum absolute atomic E-state index is 13.5. The molecule has 9 heteroatoms. The number of carbonyl (C=O) groups is 1. The molecular formula is C30H34F3N5O. The number of alkyl halides is 3. The Morgan fingerprint density at radius 3 is 2.56 bits per heavy atom. The van der Waals surface area contributed by atoms with Crippen LogP contribution in [0.15, 0.2) is 67.0 Å². The second-order valence-electron chi connectivity index (χ2n) is 10.2. The van der Waals surface area contributed by atoms with Crippen LogP contribution in [-0.2, 0) is 17.5 Å². The van der Waals surface area contributed by atoms with Crippen molar-refractivity contribution in [2.75, 3.05) is 18.4 Å². The molecule has 1 fully saturated rings. The van der Waals surface area contributed by atoms with Crippen LogP contribution in [0.5, 0.6) is 0 Å². The first-order chi connectivity index (χ1) is 18.6. The molecule has 0 saturated carbocycles. The Morgan fingerprint density at radius 2 is 1.92 bits per heavy atom. The van der Waals surface area contributed by atoms with Crippen molar-refractivity contribution >= 4 is 23.5 Å². The van der Waals surface area contributed by atoms with Gasteiger partial charge in [0.05, 0.1) is 5.56 Å². The van der Waals surface area contributed by atoms with Crippen molar-refractivity contribution in [3.05, 3.63) is 89.4 Å². The van der Waals surface area contributed by atoms with Gasteiger partial charge >= 0.3 is 6.18 Å². The molecule has 1 amide bonds. The number of nitrogens with one attached hydrogen (secondary N) is 1. The fourth-order valence-corrected chi connectivity index (χ4v) is 4.70. The van der Waals surface area contributed by atoms with E-state index in [0.717, 1.165) is 55.0 Å². The minimum atomic E-state index is -4.39. The zero-order valence-electron chi connectivity index (χ0n) is 22.4. The second kappa shape index (κ2) is 12.4. The summed E-state index contributed by atoms with van der Waals surface area (Å²) in [5.41, 5.74) is 2.51. The molecule has 1 aliphatic heterocycles. The number of aromatic nitrogens is 2. The molecule has 1 N–H and O–H groups in total. The molecule has 1 saturated heterocycles. The molecule has 6 nitrogen and oxygen atoms in total. The minimum absolute atomic E-state index is 0.0171. The van der Waals surface area contributed by atoms with E-state index in [4.69, 9.17) is 0 Å². The topological polar surface area (TPSA) is 61.4 Å². The summed E-state index contributed by atoms with van der Waals surface area (Å²) in [6, 6.07) is 12.8. The quantitative estimate of drug-likeness (QED) is 0.334. The molecule has 1 aliphatic rings. The van der Waals surface area contributed by atoms with Gasteiger partial charge in [-0.3, -0.25) is 14.7 Å². The molecule has 1 atom stereocenters. The predicted molar refractivity (Wildman–Crippen MR) is 147 cm³/mol. The maximum Gasteiger partial charge on any atom is 0.416 e. The molecular weight excluding hydrogens is 503 g/mol. The third-order valence-electron chi connectivity index (χ3n) is 6.89. The van der Waals surface area contributed by atoms with Crippen LogP contribution in [0.3, 0.4) is 0 Å². The number of likely N-dealkylation sites (tertiary alicyclic amines) is 1. The van der Waals surface area contributed by atoms with Gasteiger partial charge in [-0.2, -0.15) is 13.2 Å². The molecule has 0 spiro atoms. The third kappa shape index (κ3) is 7.89. The fourth-order valence-electron chi connectivity index (χ4n) is 4.70. The van der Waals surface area contributed by atoms with Gasteiger partial charge in [-0.15, -0.1) is 0 Å². The highest BCUT2D eigenvalue weighted by atomic mass is 19.4. The second-order valence-corrected chi connectivity index (χ2v) is 10.2. The number of carbonyl (C=O) groups excluding carboxylic acids is 1. The minimum Gasteiger partial charge on any atom is -0.340 e. The summed E-state index contributed by atoms with van der Waals surface area (Å²) in [4.78, 5) is 26.4. The summed E-state index contributed by atoms with van der Waals surface area (Å²) < 4.78 is 38.7. The van der Waals surface area contributed by atoms with E-state index in [-0.39, 0.29) is 11.9 Å². The number of rotatable bonds is 8. The van der Waals surface area contributed by atoms with Crippen LogP contribution in [0.25, 0.3) is 6.08 Å². The normalized spacial score (nSPS) is 16.5. The lowest BCUT2D eigenvalue weighted by molar-refractivity contribution is -0.137. The van der Waals surface area contributed by atoms with Crippen molar-refractivity contribution in [2.24, 2.45) is 0 Å². The van der Waals surface area contributed by atoms with Gasteiger partial charge in [0.1, 0.15) is 5.82 Å². The average molecular weight is 538 g/mol. The zero-order valence-corrected chi connectivity index (χ0v) is 22.4. The van der Waals surface area contributed by atoms with Gasteiger partial charge in [-0.25, -0.2) is 4.98 Å². The number of aryl methyl sites for hydroxylation is 1. The van der Waals surface area contributed by atoms with Crippen LogP contribution in [-0.4, -0.2) is 50.8 Å². The monoisotopic (exact) mass is 537 g/mol. The number of halogens is 3. The zero-order chi connectivity index (χ0) is 28.0. The van der Waals surface area contributed by atoms with E-state index in [1.807, 2.05) is 36.1 Å². The van der Waals surface area contributed by atoms with Crippen LogP contribution in [0.2, 0.25) is 0 Å². The van der Waals surface area contributed by atoms with Crippen molar-refractivity contribution in [1.82, 2.24) is 19.8 Å². The molecule has 39 heavy (non-hydrogen) atoms. The Balaban J connectivity index is 1.50. The highest BCUT2D eigenvalue weighted by Gasteiger charge is 2.30. The highest BCUT2D eigenvalue weighted by Crippen LogP contribution is 2.29. The van der Waals surface area contributed by atoms with Gasteiger partial charge in [0, 0.05) is 55.0 Å². The first-order valence-electron chi connectivity index (χ1n) is 13.1. The van der Waals surface area contributed by atoms with Crippen molar-refractivity contribution in [3.8, 4) is 0 Å². The molecule has 0 bridgehead atoms. The van der Waals surface area contributed by atoms with E-state index in [0.29, 0.717) is 24.0 Å². The van der Waals surface area contributed by atoms with Gasteiger partial charge in [0.15, 0.2) is 0 Å².